The molecule has 1 aromatic heterocycles. The fraction of sp³-hybridized carbons (Fsp3) is 0.615. The molecule has 6 heteroatoms. The molecule has 0 fully saturated rings. The van der Waals surface area contributed by atoms with E-state index in [0.29, 0.717) is 34.6 Å². The van der Waals surface area contributed by atoms with Crippen LogP contribution in [0.5, 0.6) is 0 Å². The average Bonchev–Trinajstić information content (AvgIpc) is 2.39. The SMILES string of the molecule is CCCNc1nc(NCCC(O)CC)c(Cl)cc1Cl. The maximum atomic E-state index is 9.49. The normalized spacial score (nSPS) is 12.3. The van der Waals surface area contributed by atoms with Crippen LogP contribution in [0.2, 0.25) is 10.0 Å². The zero-order chi connectivity index (χ0) is 14.3. The lowest BCUT2D eigenvalue weighted by atomic mass is 10.2. The number of aromatic nitrogens is 1. The third kappa shape index (κ3) is 5.43. The van der Waals surface area contributed by atoms with Crippen LogP contribution in [0, 0.1) is 0 Å². The summed E-state index contributed by atoms with van der Waals surface area (Å²) in [5, 5.41) is 16.8. The van der Waals surface area contributed by atoms with Gasteiger partial charge in [0.15, 0.2) is 0 Å². The molecule has 0 radical (unpaired) electrons. The molecule has 0 saturated carbocycles. The highest BCUT2D eigenvalue weighted by atomic mass is 35.5. The van der Waals surface area contributed by atoms with Gasteiger partial charge in [-0.1, -0.05) is 37.0 Å². The van der Waals surface area contributed by atoms with Crippen LogP contribution in [0.25, 0.3) is 0 Å². The molecule has 0 bridgehead atoms. The van der Waals surface area contributed by atoms with Crippen LogP contribution in [0.4, 0.5) is 11.6 Å². The van der Waals surface area contributed by atoms with Crippen molar-refractivity contribution in [1.82, 2.24) is 4.98 Å². The first-order valence-electron chi connectivity index (χ1n) is 6.60. The molecule has 19 heavy (non-hydrogen) atoms. The lowest BCUT2D eigenvalue weighted by Gasteiger charge is -2.13. The molecule has 0 saturated heterocycles. The Balaban J connectivity index is 2.66. The van der Waals surface area contributed by atoms with Crippen LogP contribution < -0.4 is 10.6 Å². The summed E-state index contributed by atoms with van der Waals surface area (Å²) in [5.74, 6) is 1.22. The van der Waals surface area contributed by atoms with Crippen molar-refractivity contribution in [3.63, 3.8) is 0 Å². The quantitative estimate of drug-likeness (QED) is 0.684. The van der Waals surface area contributed by atoms with Gasteiger partial charge in [0, 0.05) is 13.1 Å². The van der Waals surface area contributed by atoms with Crippen molar-refractivity contribution < 1.29 is 5.11 Å². The van der Waals surface area contributed by atoms with Gasteiger partial charge in [0.1, 0.15) is 11.6 Å². The summed E-state index contributed by atoms with van der Waals surface area (Å²) in [4.78, 5) is 4.36. The molecule has 0 aliphatic rings. The molecule has 1 heterocycles. The average molecular weight is 306 g/mol. The molecule has 0 aliphatic heterocycles. The van der Waals surface area contributed by atoms with Gasteiger partial charge in [0.2, 0.25) is 0 Å². The first-order valence-corrected chi connectivity index (χ1v) is 7.35. The monoisotopic (exact) mass is 305 g/mol. The van der Waals surface area contributed by atoms with Gasteiger partial charge in [-0.25, -0.2) is 4.98 Å². The second-order valence-corrected chi connectivity index (χ2v) is 5.17. The fourth-order valence-corrected chi connectivity index (χ4v) is 2.01. The third-order valence-corrected chi connectivity index (χ3v) is 3.29. The van der Waals surface area contributed by atoms with E-state index >= 15 is 0 Å². The number of rotatable bonds is 8. The first kappa shape index (κ1) is 16.3. The highest BCUT2D eigenvalue weighted by Crippen LogP contribution is 2.29. The zero-order valence-electron chi connectivity index (χ0n) is 11.3. The van der Waals surface area contributed by atoms with E-state index in [1.54, 1.807) is 6.07 Å². The molecule has 1 unspecified atom stereocenters. The van der Waals surface area contributed by atoms with Crippen LogP contribution in [0.15, 0.2) is 6.07 Å². The maximum absolute atomic E-state index is 9.49. The third-order valence-electron chi connectivity index (χ3n) is 2.71. The summed E-state index contributed by atoms with van der Waals surface area (Å²) in [7, 11) is 0. The van der Waals surface area contributed by atoms with E-state index in [0.717, 1.165) is 19.4 Å². The molecule has 0 spiro atoms. The highest BCUT2D eigenvalue weighted by Gasteiger charge is 2.09. The predicted octanol–water partition coefficient (Wildman–Crippen LogP) is 3.78. The Morgan fingerprint density at radius 3 is 2.26 bits per heavy atom. The van der Waals surface area contributed by atoms with Crippen molar-refractivity contribution in [2.45, 2.75) is 39.2 Å². The summed E-state index contributed by atoms with van der Waals surface area (Å²) < 4.78 is 0. The van der Waals surface area contributed by atoms with Gasteiger partial charge in [0.05, 0.1) is 16.1 Å². The molecular formula is C13H21Cl2N3O. The number of aliphatic hydroxyl groups is 1. The summed E-state index contributed by atoms with van der Waals surface area (Å²) in [5.41, 5.74) is 0. The van der Waals surface area contributed by atoms with E-state index in [1.807, 2.05) is 6.92 Å². The molecule has 0 aromatic carbocycles. The molecule has 1 atom stereocenters. The number of hydrogen-bond acceptors (Lipinski definition) is 4. The number of halogens is 2. The Morgan fingerprint density at radius 2 is 1.74 bits per heavy atom. The molecule has 3 N–H and O–H groups in total. The number of nitrogens with zero attached hydrogens (tertiary/aromatic N) is 1. The number of aliphatic hydroxyl groups excluding tert-OH is 1. The van der Waals surface area contributed by atoms with E-state index in [2.05, 4.69) is 22.5 Å². The van der Waals surface area contributed by atoms with Gasteiger partial charge in [-0.05, 0) is 25.3 Å². The first-order chi connectivity index (χ1) is 9.08. The van der Waals surface area contributed by atoms with Gasteiger partial charge in [0.25, 0.3) is 0 Å². The summed E-state index contributed by atoms with van der Waals surface area (Å²) in [6, 6.07) is 1.67. The highest BCUT2D eigenvalue weighted by molar-refractivity contribution is 6.37. The van der Waals surface area contributed by atoms with E-state index in [1.165, 1.54) is 0 Å². The van der Waals surface area contributed by atoms with Gasteiger partial charge in [-0.2, -0.15) is 0 Å². The van der Waals surface area contributed by atoms with Gasteiger partial charge in [-0.15, -0.1) is 0 Å². The Labute approximate surface area is 124 Å². The Kier molecular flexibility index (Phi) is 7.28. The van der Waals surface area contributed by atoms with Crippen molar-refractivity contribution >= 4 is 34.8 Å². The molecule has 4 nitrogen and oxygen atoms in total. The van der Waals surface area contributed by atoms with Crippen molar-refractivity contribution in [3.05, 3.63) is 16.1 Å². The number of anilines is 2. The van der Waals surface area contributed by atoms with E-state index in [9.17, 15) is 5.11 Å². The van der Waals surface area contributed by atoms with Crippen molar-refractivity contribution in [2.24, 2.45) is 0 Å². The van der Waals surface area contributed by atoms with Crippen LogP contribution in [-0.2, 0) is 0 Å². The minimum atomic E-state index is -0.295. The summed E-state index contributed by atoms with van der Waals surface area (Å²) >= 11 is 12.2. The Bertz CT molecular complexity index is 402. The second kappa shape index (κ2) is 8.46. The van der Waals surface area contributed by atoms with Crippen molar-refractivity contribution in [3.8, 4) is 0 Å². The summed E-state index contributed by atoms with van der Waals surface area (Å²) in [6.45, 7) is 5.45. The molecular weight excluding hydrogens is 285 g/mol. The van der Waals surface area contributed by atoms with Gasteiger partial charge >= 0.3 is 0 Å². The second-order valence-electron chi connectivity index (χ2n) is 4.35. The Morgan fingerprint density at radius 1 is 1.16 bits per heavy atom. The van der Waals surface area contributed by atoms with Gasteiger partial charge in [-0.3, -0.25) is 0 Å². The van der Waals surface area contributed by atoms with Crippen molar-refractivity contribution in [1.29, 1.82) is 0 Å². The van der Waals surface area contributed by atoms with Crippen LogP contribution in [0.1, 0.15) is 33.1 Å². The zero-order valence-corrected chi connectivity index (χ0v) is 12.9. The van der Waals surface area contributed by atoms with E-state index in [4.69, 9.17) is 23.2 Å². The smallest absolute Gasteiger partial charge is 0.147 e. The molecule has 0 aliphatic carbocycles. The van der Waals surface area contributed by atoms with Crippen molar-refractivity contribution in [2.75, 3.05) is 23.7 Å². The maximum Gasteiger partial charge on any atom is 0.147 e. The molecule has 0 amide bonds. The predicted molar refractivity (Wildman–Crippen MR) is 82.4 cm³/mol. The lowest BCUT2D eigenvalue weighted by molar-refractivity contribution is 0.164. The minimum absolute atomic E-state index is 0.295. The minimum Gasteiger partial charge on any atom is -0.393 e. The van der Waals surface area contributed by atoms with Crippen LogP contribution in [0.3, 0.4) is 0 Å². The number of hydrogen-bond donors (Lipinski definition) is 3. The largest absolute Gasteiger partial charge is 0.393 e. The fourth-order valence-electron chi connectivity index (χ4n) is 1.52. The van der Waals surface area contributed by atoms with E-state index < -0.39 is 0 Å². The van der Waals surface area contributed by atoms with Crippen LogP contribution in [-0.4, -0.2) is 29.3 Å². The van der Waals surface area contributed by atoms with E-state index in [-0.39, 0.29) is 6.10 Å². The molecule has 108 valence electrons. The molecule has 1 rings (SSSR count). The molecule has 1 aromatic rings. The van der Waals surface area contributed by atoms with Crippen LogP contribution >= 0.6 is 23.2 Å². The summed E-state index contributed by atoms with van der Waals surface area (Å²) in [6.07, 6.45) is 2.10. The number of nitrogens with one attached hydrogen (secondary N) is 2. The Hall–Kier alpha value is -0.710. The number of pyridine rings is 1. The standard InChI is InChI=1S/C13H21Cl2N3O/c1-3-6-16-12-10(14)8-11(15)13(18-12)17-7-5-9(19)4-2/h8-9,19H,3-7H2,1-2H3,(H2,16,17,18). The topological polar surface area (TPSA) is 57.2 Å². The van der Waals surface area contributed by atoms with Gasteiger partial charge < -0.3 is 15.7 Å². The lowest BCUT2D eigenvalue weighted by Crippen LogP contribution is -2.13.